The molecule has 0 atom stereocenters. The fourth-order valence-electron chi connectivity index (χ4n) is 4.58. The standard InChI is InChI=1S/C25H23N3O2/c29-24(27-15-11-19(12-16-27)18-9-13-26-14-10-18)17-28-22-7-3-1-5-20(22)25(30)21-6-2-4-8-23(21)28/h1-10,13-14,19H,11-12,15-17H2. The van der Waals surface area contributed by atoms with Crippen molar-refractivity contribution in [3.05, 3.63) is 88.8 Å². The van der Waals surface area contributed by atoms with E-state index in [1.54, 1.807) is 0 Å². The highest BCUT2D eigenvalue weighted by Crippen LogP contribution is 2.28. The first-order valence-electron chi connectivity index (χ1n) is 10.4. The van der Waals surface area contributed by atoms with Crippen LogP contribution in [0.15, 0.2) is 77.9 Å². The highest BCUT2D eigenvalue weighted by Gasteiger charge is 2.24. The van der Waals surface area contributed by atoms with Crippen molar-refractivity contribution in [2.75, 3.05) is 13.1 Å². The highest BCUT2D eigenvalue weighted by molar-refractivity contribution is 5.94. The van der Waals surface area contributed by atoms with Gasteiger partial charge in [0, 0.05) is 36.3 Å². The van der Waals surface area contributed by atoms with E-state index in [4.69, 9.17) is 0 Å². The van der Waals surface area contributed by atoms with Gasteiger partial charge in [0.1, 0.15) is 6.54 Å². The molecular weight excluding hydrogens is 374 g/mol. The number of likely N-dealkylation sites (tertiary alicyclic amines) is 1. The molecule has 2 aromatic heterocycles. The Morgan fingerprint density at radius 1 is 0.867 bits per heavy atom. The zero-order valence-corrected chi connectivity index (χ0v) is 16.7. The number of pyridine rings is 2. The molecule has 3 heterocycles. The van der Waals surface area contributed by atoms with Crippen molar-refractivity contribution >= 4 is 27.7 Å². The lowest BCUT2D eigenvalue weighted by atomic mass is 9.90. The SMILES string of the molecule is O=C(Cn1c2ccccc2c(=O)c2ccccc21)N1CCC(c2ccncc2)CC1. The third kappa shape index (κ3) is 3.26. The van der Waals surface area contributed by atoms with Crippen LogP contribution in [0.1, 0.15) is 24.3 Å². The van der Waals surface area contributed by atoms with Gasteiger partial charge in [0.25, 0.3) is 0 Å². The molecule has 5 heteroatoms. The van der Waals surface area contributed by atoms with Crippen molar-refractivity contribution in [2.45, 2.75) is 25.3 Å². The van der Waals surface area contributed by atoms with Gasteiger partial charge in [-0.15, -0.1) is 0 Å². The summed E-state index contributed by atoms with van der Waals surface area (Å²) in [7, 11) is 0. The van der Waals surface area contributed by atoms with E-state index in [9.17, 15) is 9.59 Å². The zero-order chi connectivity index (χ0) is 20.5. The number of nitrogens with zero attached hydrogens (tertiary/aromatic N) is 3. The molecule has 0 unspecified atom stereocenters. The number of para-hydroxylation sites is 2. The lowest BCUT2D eigenvalue weighted by Gasteiger charge is -2.32. The molecule has 2 aromatic carbocycles. The summed E-state index contributed by atoms with van der Waals surface area (Å²) in [5.74, 6) is 0.577. The number of fused-ring (bicyclic) bond motifs is 2. The van der Waals surface area contributed by atoms with E-state index in [2.05, 4.69) is 17.1 Å². The van der Waals surface area contributed by atoms with Crippen molar-refractivity contribution < 1.29 is 4.79 Å². The summed E-state index contributed by atoms with van der Waals surface area (Å²) in [5.41, 5.74) is 2.93. The van der Waals surface area contributed by atoms with Gasteiger partial charge in [-0.3, -0.25) is 14.6 Å². The van der Waals surface area contributed by atoms with E-state index in [1.165, 1.54) is 5.56 Å². The van der Waals surface area contributed by atoms with E-state index < -0.39 is 0 Å². The number of aromatic nitrogens is 2. The molecule has 1 aliphatic heterocycles. The van der Waals surface area contributed by atoms with Crippen LogP contribution in [0.25, 0.3) is 21.8 Å². The first-order chi connectivity index (χ1) is 14.7. The van der Waals surface area contributed by atoms with Crippen LogP contribution in [0.4, 0.5) is 0 Å². The fourth-order valence-corrected chi connectivity index (χ4v) is 4.58. The lowest BCUT2D eigenvalue weighted by Crippen LogP contribution is -2.40. The second kappa shape index (κ2) is 7.75. The molecule has 150 valence electrons. The molecular formula is C25H23N3O2. The van der Waals surface area contributed by atoms with Gasteiger partial charge in [-0.1, -0.05) is 24.3 Å². The summed E-state index contributed by atoms with van der Waals surface area (Å²) in [5, 5.41) is 1.31. The summed E-state index contributed by atoms with van der Waals surface area (Å²) in [6, 6.07) is 19.2. The van der Waals surface area contributed by atoms with Gasteiger partial charge in [0.05, 0.1) is 11.0 Å². The van der Waals surface area contributed by atoms with Crippen LogP contribution in [0.5, 0.6) is 0 Å². The summed E-state index contributed by atoms with van der Waals surface area (Å²) >= 11 is 0. The average Bonchev–Trinajstić information content (AvgIpc) is 2.82. The molecule has 0 bridgehead atoms. The second-order valence-electron chi connectivity index (χ2n) is 7.89. The summed E-state index contributed by atoms with van der Waals surface area (Å²) in [6.45, 7) is 1.74. The lowest BCUT2D eigenvalue weighted by molar-refractivity contribution is -0.132. The Morgan fingerprint density at radius 2 is 1.43 bits per heavy atom. The van der Waals surface area contributed by atoms with Crippen LogP contribution in [0.2, 0.25) is 0 Å². The van der Waals surface area contributed by atoms with Gasteiger partial charge in [0.2, 0.25) is 5.91 Å². The first-order valence-corrected chi connectivity index (χ1v) is 10.4. The third-order valence-corrected chi connectivity index (χ3v) is 6.20. The summed E-state index contributed by atoms with van der Waals surface area (Å²) < 4.78 is 1.99. The van der Waals surface area contributed by atoms with E-state index >= 15 is 0 Å². The van der Waals surface area contributed by atoms with Crippen molar-refractivity contribution in [3.8, 4) is 0 Å². The molecule has 1 fully saturated rings. The second-order valence-corrected chi connectivity index (χ2v) is 7.89. The van der Waals surface area contributed by atoms with Crippen molar-refractivity contribution in [3.63, 3.8) is 0 Å². The van der Waals surface area contributed by atoms with Gasteiger partial charge >= 0.3 is 0 Å². The van der Waals surface area contributed by atoms with Crippen LogP contribution in [0.3, 0.4) is 0 Å². The number of hydrogen-bond donors (Lipinski definition) is 0. The zero-order valence-electron chi connectivity index (χ0n) is 16.7. The largest absolute Gasteiger partial charge is 0.341 e. The number of benzene rings is 2. The predicted octanol–water partition coefficient (Wildman–Crippen LogP) is 3.96. The summed E-state index contributed by atoms with van der Waals surface area (Å²) in [4.78, 5) is 32.1. The Hall–Kier alpha value is -3.47. The Kier molecular flexibility index (Phi) is 4.79. The maximum absolute atomic E-state index is 13.2. The number of piperidine rings is 1. The maximum Gasteiger partial charge on any atom is 0.242 e. The molecule has 5 rings (SSSR count). The van der Waals surface area contributed by atoms with Crippen LogP contribution in [-0.4, -0.2) is 33.4 Å². The van der Waals surface area contributed by atoms with Crippen LogP contribution < -0.4 is 5.43 Å². The topological polar surface area (TPSA) is 55.2 Å². The smallest absolute Gasteiger partial charge is 0.242 e. The Balaban J connectivity index is 1.43. The van der Waals surface area contributed by atoms with E-state index in [0.29, 0.717) is 16.7 Å². The van der Waals surface area contributed by atoms with Gasteiger partial charge in [-0.05, 0) is 60.7 Å². The van der Waals surface area contributed by atoms with E-state index in [0.717, 1.165) is 37.0 Å². The van der Waals surface area contributed by atoms with Crippen LogP contribution >= 0.6 is 0 Å². The summed E-state index contributed by atoms with van der Waals surface area (Å²) in [6.07, 6.45) is 5.58. The molecule has 4 aromatic rings. The first kappa shape index (κ1) is 18.6. The molecule has 1 amide bonds. The third-order valence-electron chi connectivity index (χ3n) is 6.20. The van der Waals surface area contributed by atoms with Crippen LogP contribution in [0, 0.1) is 0 Å². The van der Waals surface area contributed by atoms with Crippen LogP contribution in [-0.2, 0) is 11.3 Å². The Bertz CT molecular complexity index is 1210. The quantitative estimate of drug-likeness (QED) is 0.492. The van der Waals surface area contributed by atoms with Crippen molar-refractivity contribution in [2.24, 2.45) is 0 Å². The molecule has 0 saturated carbocycles. The van der Waals surface area contributed by atoms with E-state index in [1.807, 2.05) is 70.4 Å². The molecule has 0 radical (unpaired) electrons. The minimum Gasteiger partial charge on any atom is -0.341 e. The fraction of sp³-hybridized carbons (Fsp3) is 0.240. The predicted molar refractivity (Wildman–Crippen MR) is 119 cm³/mol. The van der Waals surface area contributed by atoms with Gasteiger partial charge in [0.15, 0.2) is 5.43 Å². The minimum atomic E-state index is 0.0167. The Labute approximate surface area is 174 Å². The number of carbonyl (C=O) groups is 1. The highest BCUT2D eigenvalue weighted by atomic mass is 16.2. The van der Waals surface area contributed by atoms with Gasteiger partial charge < -0.3 is 9.47 Å². The molecule has 1 saturated heterocycles. The Morgan fingerprint density at radius 3 is 2.03 bits per heavy atom. The van der Waals surface area contributed by atoms with E-state index in [-0.39, 0.29) is 17.9 Å². The molecule has 0 aliphatic carbocycles. The van der Waals surface area contributed by atoms with Crippen molar-refractivity contribution in [1.29, 1.82) is 0 Å². The monoisotopic (exact) mass is 397 g/mol. The maximum atomic E-state index is 13.2. The molecule has 0 spiro atoms. The molecule has 1 aliphatic rings. The average molecular weight is 397 g/mol. The number of carbonyl (C=O) groups excluding carboxylic acids is 1. The number of amides is 1. The molecule has 30 heavy (non-hydrogen) atoms. The van der Waals surface area contributed by atoms with Gasteiger partial charge in [-0.2, -0.15) is 0 Å². The molecule has 0 N–H and O–H groups in total. The normalized spacial score (nSPS) is 15.0. The van der Waals surface area contributed by atoms with Gasteiger partial charge in [-0.25, -0.2) is 0 Å². The minimum absolute atomic E-state index is 0.0167. The van der Waals surface area contributed by atoms with Crippen molar-refractivity contribution in [1.82, 2.24) is 14.5 Å². The number of hydrogen-bond acceptors (Lipinski definition) is 3. The molecule has 5 nitrogen and oxygen atoms in total. The number of rotatable bonds is 3.